The molecule has 1 aromatic heterocycles. The van der Waals surface area contributed by atoms with Gasteiger partial charge in [0.05, 0.1) is 12.8 Å². The van der Waals surface area contributed by atoms with Crippen molar-refractivity contribution >= 4 is 22.5 Å². The summed E-state index contributed by atoms with van der Waals surface area (Å²) in [5.74, 6) is 1.10. The summed E-state index contributed by atoms with van der Waals surface area (Å²) < 4.78 is 7.82. The summed E-state index contributed by atoms with van der Waals surface area (Å²) in [6.07, 6.45) is 0.997. The average molecular weight is 447 g/mol. The Morgan fingerprint density at radius 1 is 0.970 bits per heavy atom. The lowest BCUT2D eigenvalue weighted by Gasteiger charge is -2.37. The predicted molar refractivity (Wildman–Crippen MR) is 133 cm³/mol. The molecule has 0 atom stereocenters. The van der Waals surface area contributed by atoms with Gasteiger partial charge in [0, 0.05) is 68.3 Å². The maximum atomic E-state index is 13.4. The summed E-state index contributed by atoms with van der Waals surface area (Å²) in [5.41, 5.74) is 5.04. The Hall–Kier alpha value is -2.99. The molecule has 0 saturated carbocycles. The summed E-state index contributed by atoms with van der Waals surface area (Å²) in [6, 6.07) is 17.2. The van der Waals surface area contributed by atoms with Crippen LogP contribution in [-0.4, -0.2) is 66.1 Å². The molecule has 6 nitrogen and oxygen atoms in total. The van der Waals surface area contributed by atoms with E-state index in [2.05, 4.69) is 58.5 Å². The number of aromatic nitrogens is 1. The normalized spacial score (nSPS) is 17.0. The zero-order chi connectivity index (χ0) is 22.9. The highest BCUT2D eigenvalue weighted by Gasteiger charge is 2.28. The van der Waals surface area contributed by atoms with Crippen LogP contribution in [0.1, 0.15) is 25.1 Å². The minimum absolute atomic E-state index is 0.213. The lowest BCUT2D eigenvalue weighted by molar-refractivity contribution is -0.132. The van der Waals surface area contributed by atoms with E-state index in [0.717, 1.165) is 57.1 Å². The molecule has 0 bridgehead atoms. The highest BCUT2D eigenvalue weighted by molar-refractivity contribution is 5.88. The Kier molecular flexibility index (Phi) is 6.02. The Balaban J connectivity index is 1.33. The zero-order valence-electron chi connectivity index (χ0n) is 20.0. The van der Waals surface area contributed by atoms with Gasteiger partial charge in [0.1, 0.15) is 12.3 Å². The van der Waals surface area contributed by atoms with Gasteiger partial charge in [-0.2, -0.15) is 0 Å². The van der Waals surface area contributed by atoms with Crippen molar-refractivity contribution in [3.05, 3.63) is 59.8 Å². The van der Waals surface area contributed by atoms with Gasteiger partial charge in [-0.25, -0.2) is 0 Å². The van der Waals surface area contributed by atoms with Crippen molar-refractivity contribution in [3.8, 4) is 5.75 Å². The van der Waals surface area contributed by atoms with Crippen molar-refractivity contribution in [2.45, 2.75) is 39.4 Å². The van der Waals surface area contributed by atoms with Crippen LogP contribution in [0.25, 0.3) is 10.9 Å². The molecule has 1 saturated heterocycles. The van der Waals surface area contributed by atoms with Crippen molar-refractivity contribution in [3.63, 3.8) is 0 Å². The van der Waals surface area contributed by atoms with Crippen LogP contribution in [0.2, 0.25) is 0 Å². The number of carbonyl (C=O) groups excluding carboxylic acids is 1. The van der Waals surface area contributed by atoms with Gasteiger partial charge in [0.2, 0.25) is 5.91 Å². The third-order valence-electron chi connectivity index (χ3n) is 7.27. The Bertz CT molecular complexity index is 1140. The van der Waals surface area contributed by atoms with Gasteiger partial charge in [0.25, 0.3) is 0 Å². The van der Waals surface area contributed by atoms with Gasteiger partial charge in [-0.05, 0) is 37.6 Å². The molecule has 174 valence electrons. The highest BCUT2D eigenvalue weighted by Crippen LogP contribution is 2.32. The number of ether oxygens (including phenoxy) is 1. The molecule has 6 heteroatoms. The lowest BCUT2D eigenvalue weighted by Crippen LogP contribution is -2.49. The molecule has 0 N–H and O–H groups in total. The van der Waals surface area contributed by atoms with Gasteiger partial charge in [-0.1, -0.05) is 30.3 Å². The van der Waals surface area contributed by atoms with E-state index >= 15 is 0 Å². The number of rotatable bonds is 5. The smallest absolute Gasteiger partial charge is 0.242 e. The van der Waals surface area contributed by atoms with E-state index in [9.17, 15) is 4.79 Å². The van der Waals surface area contributed by atoms with E-state index in [-0.39, 0.29) is 5.91 Å². The second-order valence-corrected chi connectivity index (χ2v) is 9.38. The lowest BCUT2D eigenvalue weighted by atomic mass is 10.0. The molecule has 0 spiro atoms. The molecule has 5 rings (SSSR count). The van der Waals surface area contributed by atoms with Crippen LogP contribution in [0.3, 0.4) is 0 Å². The van der Waals surface area contributed by atoms with Crippen molar-refractivity contribution in [1.82, 2.24) is 14.4 Å². The van der Waals surface area contributed by atoms with Gasteiger partial charge in [-0.3, -0.25) is 9.69 Å². The molecule has 3 aromatic rings. The number of piperazine rings is 1. The van der Waals surface area contributed by atoms with E-state index in [1.54, 1.807) is 7.11 Å². The van der Waals surface area contributed by atoms with Crippen LogP contribution in [0.4, 0.5) is 5.69 Å². The first-order valence-electron chi connectivity index (χ1n) is 12.1. The number of anilines is 1. The number of carbonyl (C=O) groups is 1. The van der Waals surface area contributed by atoms with E-state index in [1.165, 1.54) is 22.2 Å². The molecule has 2 aliphatic rings. The van der Waals surface area contributed by atoms with Crippen LogP contribution in [-0.2, 0) is 24.3 Å². The van der Waals surface area contributed by atoms with Crippen molar-refractivity contribution in [1.29, 1.82) is 0 Å². The molecule has 3 heterocycles. The second kappa shape index (κ2) is 9.10. The summed E-state index contributed by atoms with van der Waals surface area (Å²) in [6.45, 7) is 10.1. The molecule has 0 aliphatic carbocycles. The second-order valence-electron chi connectivity index (χ2n) is 9.38. The first kappa shape index (κ1) is 21.8. The minimum atomic E-state index is 0.213. The summed E-state index contributed by atoms with van der Waals surface area (Å²) >= 11 is 0. The van der Waals surface area contributed by atoms with Crippen molar-refractivity contribution < 1.29 is 9.53 Å². The minimum Gasteiger partial charge on any atom is -0.495 e. The van der Waals surface area contributed by atoms with Crippen molar-refractivity contribution in [2.24, 2.45) is 0 Å². The number of para-hydroxylation sites is 3. The topological polar surface area (TPSA) is 41.0 Å². The number of fused-ring (bicyclic) bond motifs is 3. The largest absolute Gasteiger partial charge is 0.495 e. The summed E-state index contributed by atoms with van der Waals surface area (Å²) in [4.78, 5) is 20.3. The van der Waals surface area contributed by atoms with Crippen LogP contribution in [0.5, 0.6) is 5.75 Å². The molecule has 0 unspecified atom stereocenters. The standard InChI is InChI=1S/C27H34N4O2/c1-20(2)30-13-12-24-22(18-30)21-8-4-5-9-23(21)31(24)19-27(32)29-16-14-28(15-17-29)25-10-6-7-11-26(25)33-3/h4-11,20H,12-19H2,1-3H3. The zero-order valence-corrected chi connectivity index (χ0v) is 20.0. The van der Waals surface area contributed by atoms with Crippen LogP contribution < -0.4 is 9.64 Å². The fourth-order valence-corrected chi connectivity index (χ4v) is 5.37. The quantitative estimate of drug-likeness (QED) is 0.598. The monoisotopic (exact) mass is 446 g/mol. The molecular weight excluding hydrogens is 412 g/mol. The highest BCUT2D eigenvalue weighted by atomic mass is 16.5. The Labute approximate surface area is 196 Å². The number of amides is 1. The maximum Gasteiger partial charge on any atom is 0.242 e. The number of hydrogen-bond acceptors (Lipinski definition) is 4. The van der Waals surface area contributed by atoms with Gasteiger partial charge in [-0.15, -0.1) is 0 Å². The van der Waals surface area contributed by atoms with E-state index in [1.807, 2.05) is 23.1 Å². The fraction of sp³-hybridized carbons (Fsp3) is 0.444. The first-order valence-corrected chi connectivity index (χ1v) is 12.1. The van der Waals surface area contributed by atoms with Crippen LogP contribution in [0, 0.1) is 0 Å². The molecule has 2 aliphatic heterocycles. The number of nitrogens with zero attached hydrogens (tertiary/aromatic N) is 4. The van der Waals surface area contributed by atoms with Crippen LogP contribution in [0.15, 0.2) is 48.5 Å². The van der Waals surface area contributed by atoms with E-state index in [4.69, 9.17) is 4.74 Å². The Morgan fingerprint density at radius 3 is 2.45 bits per heavy atom. The van der Waals surface area contributed by atoms with Gasteiger partial charge >= 0.3 is 0 Å². The van der Waals surface area contributed by atoms with Gasteiger partial charge in [0.15, 0.2) is 0 Å². The van der Waals surface area contributed by atoms with Gasteiger partial charge < -0.3 is 19.1 Å². The molecule has 1 amide bonds. The average Bonchev–Trinajstić information content (AvgIpc) is 3.17. The maximum absolute atomic E-state index is 13.4. The number of hydrogen-bond donors (Lipinski definition) is 0. The molecule has 1 fully saturated rings. The predicted octanol–water partition coefficient (Wildman–Crippen LogP) is 3.77. The van der Waals surface area contributed by atoms with E-state index in [0.29, 0.717) is 12.6 Å². The van der Waals surface area contributed by atoms with Crippen molar-refractivity contribution in [2.75, 3.05) is 44.7 Å². The third-order valence-corrected chi connectivity index (χ3v) is 7.27. The van der Waals surface area contributed by atoms with E-state index < -0.39 is 0 Å². The first-order chi connectivity index (χ1) is 16.1. The SMILES string of the molecule is COc1ccccc1N1CCN(C(=O)Cn2c3c(c4ccccc42)CN(C(C)C)CC3)CC1. The Morgan fingerprint density at radius 2 is 1.70 bits per heavy atom. The van der Waals surface area contributed by atoms with Crippen LogP contribution >= 0.6 is 0 Å². The molecular formula is C27H34N4O2. The summed E-state index contributed by atoms with van der Waals surface area (Å²) in [5, 5.41) is 1.30. The fourth-order valence-electron chi connectivity index (χ4n) is 5.37. The molecule has 33 heavy (non-hydrogen) atoms. The molecule has 2 aromatic carbocycles. The number of benzene rings is 2. The summed E-state index contributed by atoms with van der Waals surface area (Å²) in [7, 11) is 1.71. The molecule has 0 radical (unpaired) electrons. The number of methoxy groups -OCH3 is 1. The third kappa shape index (κ3) is 4.08.